The van der Waals surface area contributed by atoms with Crippen molar-refractivity contribution >= 4 is 23.4 Å². The van der Waals surface area contributed by atoms with Gasteiger partial charge in [-0.25, -0.2) is 4.39 Å². The van der Waals surface area contributed by atoms with Crippen molar-refractivity contribution < 1.29 is 9.18 Å². The first-order chi connectivity index (χ1) is 10.2. The zero-order valence-corrected chi connectivity index (χ0v) is 13.1. The van der Waals surface area contributed by atoms with Gasteiger partial charge in [0.1, 0.15) is 5.82 Å². The number of amides is 1. The van der Waals surface area contributed by atoms with E-state index in [-0.39, 0.29) is 11.7 Å². The number of hydrogen-bond donors (Lipinski definition) is 1. The quantitative estimate of drug-likeness (QED) is 0.818. The lowest BCUT2D eigenvalue weighted by Gasteiger charge is -2.19. The minimum Gasteiger partial charge on any atom is -0.325 e. The molecule has 1 aromatic carbocycles. The normalized spacial score (nSPS) is 16.4. The van der Waals surface area contributed by atoms with Gasteiger partial charge in [-0.1, -0.05) is 18.9 Å². The van der Waals surface area contributed by atoms with E-state index in [9.17, 15) is 9.18 Å². The van der Waals surface area contributed by atoms with Crippen molar-refractivity contribution in [2.75, 3.05) is 36.5 Å². The molecule has 0 aromatic heterocycles. The molecule has 1 fully saturated rings. The fourth-order valence-corrected chi connectivity index (χ4v) is 3.27. The van der Waals surface area contributed by atoms with Gasteiger partial charge in [-0.15, -0.1) is 0 Å². The molecule has 0 bridgehead atoms. The van der Waals surface area contributed by atoms with Crippen LogP contribution >= 0.6 is 11.8 Å². The molecule has 1 aliphatic heterocycles. The van der Waals surface area contributed by atoms with Gasteiger partial charge in [0, 0.05) is 18.0 Å². The zero-order chi connectivity index (χ0) is 14.9. The minimum atomic E-state index is -0.332. The van der Waals surface area contributed by atoms with Crippen LogP contribution in [0.4, 0.5) is 10.1 Å². The largest absolute Gasteiger partial charge is 0.325 e. The number of rotatable bonds is 6. The van der Waals surface area contributed by atoms with Crippen LogP contribution in [0.5, 0.6) is 0 Å². The molecular weight excluding hydrogens is 287 g/mol. The molecule has 21 heavy (non-hydrogen) atoms. The second kappa shape index (κ2) is 9.05. The van der Waals surface area contributed by atoms with Crippen LogP contribution in [-0.4, -0.2) is 41.9 Å². The number of nitrogens with one attached hydrogen (secondary N) is 1. The van der Waals surface area contributed by atoms with Crippen molar-refractivity contribution in [3.63, 3.8) is 0 Å². The summed E-state index contributed by atoms with van der Waals surface area (Å²) in [5, 5.41) is 2.72. The molecule has 116 valence electrons. The summed E-state index contributed by atoms with van der Waals surface area (Å²) in [6.45, 7) is 3.43. The zero-order valence-electron chi connectivity index (χ0n) is 12.3. The highest BCUT2D eigenvalue weighted by atomic mass is 32.2. The average Bonchev–Trinajstić information content (AvgIpc) is 2.72. The molecule has 0 saturated carbocycles. The average molecular weight is 310 g/mol. The monoisotopic (exact) mass is 310 g/mol. The van der Waals surface area contributed by atoms with E-state index < -0.39 is 0 Å². The Kier molecular flexibility index (Phi) is 7.03. The van der Waals surface area contributed by atoms with E-state index in [2.05, 4.69) is 10.2 Å². The molecule has 1 amide bonds. The van der Waals surface area contributed by atoms with Crippen LogP contribution in [0.3, 0.4) is 0 Å². The third-order valence-electron chi connectivity index (χ3n) is 3.59. The molecule has 1 N–H and O–H groups in total. The van der Waals surface area contributed by atoms with Crippen LogP contribution in [0.1, 0.15) is 25.7 Å². The Morgan fingerprint density at radius 2 is 2.00 bits per heavy atom. The summed E-state index contributed by atoms with van der Waals surface area (Å²) < 4.78 is 13.0. The molecule has 0 atom stereocenters. The summed E-state index contributed by atoms with van der Waals surface area (Å²) in [7, 11) is 0. The SMILES string of the molecule is O=C(CSCCN1CCCCCC1)Nc1cccc(F)c1. The summed E-state index contributed by atoms with van der Waals surface area (Å²) in [6, 6.07) is 5.99. The molecule has 5 heteroatoms. The number of carbonyl (C=O) groups is 1. The van der Waals surface area contributed by atoms with Gasteiger partial charge in [0.25, 0.3) is 0 Å². The van der Waals surface area contributed by atoms with Crippen molar-refractivity contribution in [1.29, 1.82) is 0 Å². The van der Waals surface area contributed by atoms with E-state index in [0.717, 1.165) is 12.3 Å². The third kappa shape index (κ3) is 6.48. The smallest absolute Gasteiger partial charge is 0.234 e. The van der Waals surface area contributed by atoms with Gasteiger partial charge in [0.2, 0.25) is 5.91 Å². The molecule has 0 spiro atoms. The van der Waals surface area contributed by atoms with Gasteiger partial charge < -0.3 is 10.2 Å². The highest BCUT2D eigenvalue weighted by Gasteiger charge is 2.09. The van der Waals surface area contributed by atoms with Crippen molar-refractivity contribution in [2.45, 2.75) is 25.7 Å². The molecule has 0 aliphatic carbocycles. The predicted octanol–water partition coefficient (Wildman–Crippen LogP) is 3.37. The molecule has 1 heterocycles. The Labute approximate surface area is 130 Å². The second-order valence-corrected chi connectivity index (χ2v) is 6.47. The number of hydrogen-bond acceptors (Lipinski definition) is 3. The number of likely N-dealkylation sites (tertiary alicyclic amines) is 1. The maximum Gasteiger partial charge on any atom is 0.234 e. The van der Waals surface area contributed by atoms with Crippen LogP contribution in [-0.2, 0) is 4.79 Å². The lowest BCUT2D eigenvalue weighted by atomic mass is 10.2. The second-order valence-electron chi connectivity index (χ2n) is 5.37. The van der Waals surface area contributed by atoms with Gasteiger partial charge in [-0.3, -0.25) is 4.79 Å². The molecule has 1 saturated heterocycles. The molecule has 0 radical (unpaired) electrons. The first-order valence-corrected chi connectivity index (χ1v) is 8.75. The van der Waals surface area contributed by atoms with Crippen LogP contribution < -0.4 is 5.32 Å². The summed E-state index contributed by atoms with van der Waals surface area (Å²) in [5.74, 6) is 0.990. The standard InChI is InChI=1S/C16H23FN2OS/c17-14-6-5-7-15(12-14)18-16(20)13-21-11-10-19-8-3-1-2-4-9-19/h5-7,12H,1-4,8-11,13H2,(H,18,20). The van der Waals surface area contributed by atoms with Gasteiger partial charge >= 0.3 is 0 Å². The van der Waals surface area contributed by atoms with E-state index in [1.807, 2.05) is 0 Å². The summed E-state index contributed by atoms with van der Waals surface area (Å²) in [5.41, 5.74) is 0.521. The fourth-order valence-electron chi connectivity index (χ4n) is 2.48. The Bertz CT molecular complexity index is 448. The van der Waals surface area contributed by atoms with Crippen molar-refractivity contribution in [3.05, 3.63) is 30.1 Å². The highest BCUT2D eigenvalue weighted by Crippen LogP contribution is 2.12. The Morgan fingerprint density at radius 1 is 1.24 bits per heavy atom. The summed E-state index contributed by atoms with van der Waals surface area (Å²) in [6.07, 6.45) is 5.29. The van der Waals surface area contributed by atoms with E-state index in [1.54, 1.807) is 23.9 Å². The maximum absolute atomic E-state index is 13.0. The third-order valence-corrected chi connectivity index (χ3v) is 4.53. The first-order valence-electron chi connectivity index (χ1n) is 7.59. The number of anilines is 1. The van der Waals surface area contributed by atoms with Gasteiger partial charge in [-0.05, 0) is 44.1 Å². The molecule has 3 nitrogen and oxygen atoms in total. The topological polar surface area (TPSA) is 32.3 Å². The minimum absolute atomic E-state index is 0.0681. The number of benzene rings is 1. The number of thioether (sulfide) groups is 1. The lowest BCUT2D eigenvalue weighted by Crippen LogP contribution is -2.27. The maximum atomic E-state index is 13.0. The fraction of sp³-hybridized carbons (Fsp3) is 0.562. The molecule has 1 aliphatic rings. The van der Waals surface area contributed by atoms with Crippen LogP contribution in [0.15, 0.2) is 24.3 Å². The van der Waals surface area contributed by atoms with Crippen LogP contribution in [0.2, 0.25) is 0 Å². The van der Waals surface area contributed by atoms with Gasteiger partial charge in [0.15, 0.2) is 0 Å². The van der Waals surface area contributed by atoms with Crippen LogP contribution in [0, 0.1) is 5.82 Å². The predicted molar refractivity (Wildman–Crippen MR) is 87.3 cm³/mol. The van der Waals surface area contributed by atoms with Crippen LogP contribution in [0.25, 0.3) is 0 Å². The number of nitrogens with zero attached hydrogens (tertiary/aromatic N) is 1. The Balaban J connectivity index is 1.60. The van der Waals surface area contributed by atoms with E-state index >= 15 is 0 Å². The van der Waals surface area contributed by atoms with E-state index in [1.165, 1.54) is 50.9 Å². The highest BCUT2D eigenvalue weighted by molar-refractivity contribution is 7.99. The molecule has 2 rings (SSSR count). The molecular formula is C16H23FN2OS. The molecule has 0 unspecified atom stereocenters. The van der Waals surface area contributed by atoms with E-state index in [4.69, 9.17) is 0 Å². The summed E-state index contributed by atoms with van der Waals surface area (Å²) >= 11 is 1.64. The summed E-state index contributed by atoms with van der Waals surface area (Å²) in [4.78, 5) is 14.3. The van der Waals surface area contributed by atoms with Crippen molar-refractivity contribution in [1.82, 2.24) is 4.90 Å². The number of carbonyl (C=O) groups excluding carboxylic acids is 1. The van der Waals surface area contributed by atoms with Gasteiger partial charge in [0.05, 0.1) is 5.75 Å². The Morgan fingerprint density at radius 3 is 2.71 bits per heavy atom. The molecule has 1 aromatic rings. The van der Waals surface area contributed by atoms with Crippen molar-refractivity contribution in [2.24, 2.45) is 0 Å². The number of halogens is 1. The van der Waals surface area contributed by atoms with E-state index in [0.29, 0.717) is 11.4 Å². The first kappa shape index (κ1) is 16.3. The van der Waals surface area contributed by atoms with Gasteiger partial charge in [-0.2, -0.15) is 11.8 Å². The Hall–Kier alpha value is -1.07. The lowest BCUT2D eigenvalue weighted by molar-refractivity contribution is -0.113. The van der Waals surface area contributed by atoms with Crippen molar-refractivity contribution in [3.8, 4) is 0 Å².